The molecule has 12 nitrogen and oxygen atoms in total. The van der Waals surface area contributed by atoms with Crippen LogP contribution in [-0.4, -0.2) is 84.3 Å². The predicted molar refractivity (Wildman–Crippen MR) is 196 cm³/mol. The van der Waals surface area contributed by atoms with Gasteiger partial charge >= 0.3 is 5.97 Å². The Morgan fingerprint density at radius 3 is 2.04 bits per heavy atom. The summed E-state index contributed by atoms with van der Waals surface area (Å²) in [5, 5.41) is 6.08. The van der Waals surface area contributed by atoms with Crippen molar-refractivity contribution in [1.29, 1.82) is 0 Å². The fraction of sp³-hybridized carbons (Fsp3) is 0.175. The van der Waals surface area contributed by atoms with E-state index in [-0.39, 0.29) is 45.9 Å². The van der Waals surface area contributed by atoms with E-state index in [2.05, 4.69) is 42.2 Å². The number of piperazine rings is 1. The maximum atomic E-state index is 12.6. The third-order valence-corrected chi connectivity index (χ3v) is 8.67. The molecule has 7 rings (SSSR count). The second-order valence-electron chi connectivity index (χ2n) is 12.2. The molecule has 1 saturated heterocycles. The Kier molecular flexibility index (Phi) is 10.9. The molecule has 3 aliphatic rings. The highest BCUT2D eigenvalue weighted by atomic mass is 16.5. The van der Waals surface area contributed by atoms with Crippen molar-refractivity contribution in [3.05, 3.63) is 148 Å². The van der Waals surface area contributed by atoms with Crippen molar-refractivity contribution in [1.82, 2.24) is 20.2 Å². The molecule has 0 spiro atoms. The Balaban J connectivity index is 0.000000179. The molecule has 0 saturated carbocycles. The molecule has 0 unspecified atom stereocenters. The molecule has 1 aliphatic heterocycles. The number of anilines is 2. The largest absolute Gasteiger partial charge is 0.466 e. The van der Waals surface area contributed by atoms with Gasteiger partial charge in [-0.3, -0.25) is 29.1 Å². The Labute approximate surface area is 300 Å². The van der Waals surface area contributed by atoms with Crippen molar-refractivity contribution in [3.63, 3.8) is 0 Å². The smallest absolute Gasteiger partial charge is 0.330 e. The summed E-state index contributed by atoms with van der Waals surface area (Å²) in [7, 11) is 3.45. The fourth-order valence-corrected chi connectivity index (χ4v) is 5.83. The van der Waals surface area contributed by atoms with Crippen molar-refractivity contribution in [3.8, 4) is 0 Å². The number of methoxy groups -OCH3 is 1. The highest BCUT2D eigenvalue weighted by molar-refractivity contribution is 6.25. The SMILES string of the molecule is CN1CCN(c2ccc(NC3=CC(=O)c4ncccc4C3=O)cc2)CC1.COC(=O)/C=C/c1cccc(CNC2=CC(=O)c3ncccc3C2=O)c1. The summed E-state index contributed by atoms with van der Waals surface area (Å²) in [4.78, 5) is 73.1. The molecule has 2 N–H and O–H groups in total. The second-order valence-corrected chi connectivity index (χ2v) is 12.2. The molecule has 262 valence electrons. The fourth-order valence-electron chi connectivity index (χ4n) is 5.83. The van der Waals surface area contributed by atoms with Crippen LogP contribution in [0.25, 0.3) is 6.08 Å². The number of ketones is 4. The summed E-state index contributed by atoms with van der Waals surface area (Å²) < 4.78 is 4.56. The Morgan fingerprint density at radius 1 is 0.788 bits per heavy atom. The van der Waals surface area contributed by atoms with E-state index < -0.39 is 5.97 Å². The van der Waals surface area contributed by atoms with Crippen LogP contribution >= 0.6 is 0 Å². The van der Waals surface area contributed by atoms with Gasteiger partial charge in [0.15, 0.2) is 0 Å². The molecule has 0 amide bonds. The molecular weight excluding hydrogens is 660 g/mol. The van der Waals surface area contributed by atoms with Crippen molar-refractivity contribution in [2.24, 2.45) is 0 Å². The van der Waals surface area contributed by atoms with Crippen LogP contribution in [-0.2, 0) is 16.1 Å². The van der Waals surface area contributed by atoms with Crippen LogP contribution in [0.2, 0.25) is 0 Å². The summed E-state index contributed by atoms with van der Waals surface area (Å²) in [5.41, 5.74) is 5.23. The number of carbonyl (C=O) groups is 5. The van der Waals surface area contributed by atoms with Gasteiger partial charge < -0.3 is 25.2 Å². The number of aromatic nitrogens is 2. The van der Waals surface area contributed by atoms with Crippen molar-refractivity contribution in [2.45, 2.75) is 6.54 Å². The molecule has 0 radical (unpaired) electrons. The number of fused-ring (bicyclic) bond motifs is 2. The van der Waals surface area contributed by atoms with Crippen molar-refractivity contribution in [2.75, 3.05) is 50.6 Å². The van der Waals surface area contributed by atoms with Gasteiger partial charge in [-0.1, -0.05) is 18.2 Å². The molecule has 4 aromatic rings. The monoisotopic (exact) mass is 696 g/mol. The van der Waals surface area contributed by atoms with E-state index in [0.717, 1.165) is 43.0 Å². The number of likely N-dealkylation sites (N-methyl/N-ethyl adjacent to an activating group) is 1. The Hall–Kier alpha value is -6.53. The molecular formula is C40H36N6O6. The standard InChI is InChI=1S/C20H20N4O2.C20H16N2O4/c1-23-9-11-24(12-10-23)15-6-4-14(5-7-15)22-17-13-18(25)19-16(20(17)26)3-2-8-21-19;1-26-18(24)8-7-13-4-2-5-14(10-13)12-22-16-11-17(23)19-15(20(16)25)6-3-9-21-19/h2-8,13,22H,9-12H2,1H3;2-11,22H,12H2,1H3/b;8-7+. The highest BCUT2D eigenvalue weighted by Crippen LogP contribution is 2.24. The number of pyridine rings is 2. The zero-order valence-electron chi connectivity index (χ0n) is 28.7. The van der Waals surface area contributed by atoms with E-state index in [0.29, 0.717) is 17.7 Å². The third kappa shape index (κ3) is 8.25. The lowest BCUT2D eigenvalue weighted by atomic mass is 9.97. The number of carbonyl (C=O) groups excluding carboxylic acids is 5. The van der Waals surface area contributed by atoms with E-state index in [1.165, 1.54) is 43.4 Å². The lowest BCUT2D eigenvalue weighted by Gasteiger charge is -2.34. The maximum Gasteiger partial charge on any atom is 0.330 e. The number of esters is 1. The Morgan fingerprint density at radius 2 is 1.40 bits per heavy atom. The van der Waals surface area contributed by atoms with E-state index in [1.54, 1.807) is 30.3 Å². The number of Topliss-reactive ketones (excluding diaryl/α,β-unsaturated/α-hetero) is 2. The third-order valence-electron chi connectivity index (χ3n) is 8.67. The number of nitrogens with one attached hydrogen (secondary N) is 2. The molecule has 2 aliphatic carbocycles. The van der Waals surface area contributed by atoms with Gasteiger partial charge in [-0.15, -0.1) is 0 Å². The van der Waals surface area contributed by atoms with E-state index in [4.69, 9.17) is 0 Å². The van der Waals surface area contributed by atoms with Gasteiger partial charge in [-0.05, 0) is 78.8 Å². The first-order chi connectivity index (χ1) is 25.2. The molecule has 2 aromatic carbocycles. The molecule has 12 heteroatoms. The Bertz CT molecular complexity index is 2130. The van der Waals surface area contributed by atoms with E-state index in [9.17, 15) is 24.0 Å². The second kappa shape index (κ2) is 16.0. The summed E-state index contributed by atoms with van der Waals surface area (Å²) in [5.74, 6) is -1.45. The quantitative estimate of drug-likeness (QED) is 0.197. The summed E-state index contributed by atoms with van der Waals surface area (Å²) in [6.45, 7) is 4.48. The van der Waals surface area contributed by atoms with Gasteiger partial charge in [0, 0.05) is 74.7 Å². The number of hydrogen-bond donors (Lipinski definition) is 2. The first-order valence-electron chi connectivity index (χ1n) is 16.6. The number of ether oxygens (including phenoxy) is 1. The minimum Gasteiger partial charge on any atom is -0.466 e. The highest BCUT2D eigenvalue weighted by Gasteiger charge is 2.27. The summed E-state index contributed by atoms with van der Waals surface area (Å²) in [6.07, 6.45) is 8.59. The van der Waals surface area contributed by atoms with Crippen LogP contribution < -0.4 is 15.5 Å². The minimum absolute atomic E-state index is 0.179. The first-order valence-corrected chi connectivity index (χ1v) is 16.6. The number of hydrogen-bond acceptors (Lipinski definition) is 12. The minimum atomic E-state index is -0.433. The van der Waals surface area contributed by atoms with Crippen molar-refractivity contribution >= 4 is 46.6 Å². The van der Waals surface area contributed by atoms with Crippen molar-refractivity contribution < 1.29 is 28.7 Å². The molecule has 3 heterocycles. The lowest BCUT2D eigenvalue weighted by molar-refractivity contribution is -0.134. The van der Waals surface area contributed by atoms with Crippen LogP contribution in [0.3, 0.4) is 0 Å². The number of rotatable bonds is 8. The number of nitrogens with zero attached hydrogens (tertiary/aromatic N) is 4. The zero-order valence-corrected chi connectivity index (χ0v) is 28.7. The van der Waals surface area contributed by atoms with Gasteiger partial charge in [0.1, 0.15) is 11.4 Å². The van der Waals surface area contributed by atoms with Gasteiger partial charge in [-0.2, -0.15) is 0 Å². The van der Waals surface area contributed by atoms with Crippen LogP contribution in [0.1, 0.15) is 52.8 Å². The van der Waals surface area contributed by atoms with Gasteiger partial charge in [0.25, 0.3) is 0 Å². The van der Waals surface area contributed by atoms with E-state index >= 15 is 0 Å². The number of benzene rings is 2. The van der Waals surface area contributed by atoms with Gasteiger partial charge in [0.2, 0.25) is 23.1 Å². The normalized spacial score (nSPS) is 15.5. The predicted octanol–water partition coefficient (Wildman–Crippen LogP) is 4.53. The maximum absolute atomic E-state index is 12.6. The van der Waals surface area contributed by atoms with Crippen LogP contribution in [0.4, 0.5) is 11.4 Å². The van der Waals surface area contributed by atoms with Gasteiger partial charge in [0.05, 0.1) is 29.6 Å². The first kappa shape index (κ1) is 35.3. The number of allylic oxidation sites excluding steroid dienone is 4. The molecule has 1 fully saturated rings. The summed E-state index contributed by atoms with van der Waals surface area (Å²) in [6, 6.07) is 21.9. The van der Waals surface area contributed by atoms with Crippen LogP contribution in [0, 0.1) is 0 Å². The van der Waals surface area contributed by atoms with E-state index in [1.807, 2.05) is 48.5 Å². The molecule has 2 aromatic heterocycles. The summed E-state index contributed by atoms with van der Waals surface area (Å²) >= 11 is 0. The average molecular weight is 697 g/mol. The molecule has 0 atom stereocenters. The van der Waals surface area contributed by atoms with Gasteiger partial charge in [-0.25, -0.2) is 4.79 Å². The molecule has 0 bridgehead atoms. The zero-order chi connectivity index (χ0) is 36.6. The van der Waals surface area contributed by atoms with Crippen LogP contribution in [0.5, 0.6) is 0 Å². The topological polar surface area (TPSA) is 151 Å². The average Bonchev–Trinajstić information content (AvgIpc) is 3.18. The molecule has 52 heavy (non-hydrogen) atoms. The van der Waals surface area contributed by atoms with Crippen LogP contribution in [0.15, 0.2) is 115 Å². The lowest BCUT2D eigenvalue weighted by Crippen LogP contribution is -2.44.